The van der Waals surface area contributed by atoms with Gasteiger partial charge in [0.15, 0.2) is 0 Å². The van der Waals surface area contributed by atoms with Crippen molar-refractivity contribution in [2.75, 3.05) is 6.54 Å². The number of hydrogen-bond acceptors (Lipinski definition) is 3. The maximum absolute atomic E-state index is 12.6. The number of rotatable bonds is 4. The van der Waals surface area contributed by atoms with E-state index in [4.69, 9.17) is 16.9 Å². The molecule has 0 bridgehead atoms. The standard InChI is InChI=1S/C17H16ClN3O/c1-3-21(17(22)15-8-9-16(18)20-11-15)12(2)14-6-4-13(10-19)5-7-14/h4-9,11-12H,3H2,1-2H3. The molecule has 22 heavy (non-hydrogen) atoms. The van der Waals surface area contributed by atoms with Crippen molar-refractivity contribution in [3.05, 3.63) is 64.4 Å². The number of nitrogens with zero attached hydrogens (tertiary/aromatic N) is 3. The van der Waals surface area contributed by atoms with Crippen molar-refractivity contribution >= 4 is 17.5 Å². The molecule has 2 aromatic rings. The first-order valence-corrected chi connectivity index (χ1v) is 7.37. The van der Waals surface area contributed by atoms with Gasteiger partial charge in [-0.25, -0.2) is 4.98 Å². The predicted molar refractivity (Wildman–Crippen MR) is 85.5 cm³/mol. The Kier molecular flexibility index (Phi) is 5.13. The summed E-state index contributed by atoms with van der Waals surface area (Å²) in [6.07, 6.45) is 1.48. The average Bonchev–Trinajstić information content (AvgIpc) is 2.56. The van der Waals surface area contributed by atoms with E-state index in [2.05, 4.69) is 11.1 Å². The van der Waals surface area contributed by atoms with Crippen molar-refractivity contribution in [2.45, 2.75) is 19.9 Å². The Balaban J connectivity index is 2.24. The van der Waals surface area contributed by atoms with Crippen molar-refractivity contribution < 1.29 is 4.79 Å². The molecular weight excluding hydrogens is 298 g/mol. The lowest BCUT2D eigenvalue weighted by Gasteiger charge is -2.28. The minimum Gasteiger partial charge on any atom is -0.332 e. The summed E-state index contributed by atoms with van der Waals surface area (Å²) in [5, 5.41) is 9.21. The van der Waals surface area contributed by atoms with Gasteiger partial charge < -0.3 is 4.90 Å². The van der Waals surface area contributed by atoms with Crippen molar-refractivity contribution in [2.24, 2.45) is 0 Å². The molecule has 1 atom stereocenters. The second kappa shape index (κ2) is 7.06. The third-order valence-corrected chi connectivity index (χ3v) is 3.79. The van der Waals surface area contributed by atoms with E-state index in [1.165, 1.54) is 6.20 Å². The molecule has 0 saturated heterocycles. The van der Waals surface area contributed by atoms with Crippen LogP contribution in [0.4, 0.5) is 0 Å². The van der Waals surface area contributed by atoms with Crippen LogP contribution >= 0.6 is 11.6 Å². The van der Waals surface area contributed by atoms with Gasteiger partial charge in [-0.05, 0) is 43.7 Å². The Morgan fingerprint density at radius 2 is 2.00 bits per heavy atom. The number of nitriles is 1. The van der Waals surface area contributed by atoms with E-state index in [9.17, 15) is 4.79 Å². The molecule has 0 radical (unpaired) electrons. The minimum absolute atomic E-state index is 0.0940. The Labute approximate surface area is 135 Å². The largest absolute Gasteiger partial charge is 0.332 e. The molecule has 1 heterocycles. The first-order chi connectivity index (χ1) is 10.6. The molecular formula is C17H16ClN3O. The lowest BCUT2D eigenvalue weighted by Crippen LogP contribution is -2.33. The number of aromatic nitrogens is 1. The molecule has 5 heteroatoms. The first-order valence-electron chi connectivity index (χ1n) is 6.99. The van der Waals surface area contributed by atoms with Gasteiger partial charge in [0.05, 0.1) is 23.2 Å². The summed E-state index contributed by atoms with van der Waals surface area (Å²) < 4.78 is 0. The SMILES string of the molecule is CCN(C(=O)c1ccc(Cl)nc1)C(C)c1ccc(C#N)cc1. The highest BCUT2D eigenvalue weighted by molar-refractivity contribution is 6.29. The van der Waals surface area contributed by atoms with E-state index < -0.39 is 0 Å². The van der Waals surface area contributed by atoms with E-state index in [0.29, 0.717) is 22.8 Å². The van der Waals surface area contributed by atoms with Gasteiger partial charge in [0.1, 0.15) is 5.15 Å². The van der Waals surface area contributed by atoms with Crippen LogP contribution in [-0.2, 0) is 0 Å². The number of amides is 1. The molecule has 0 aliphatic heterocycles. The quantitative estimate of drug-likeness (QED) is 0.806. The molecule has 1 aromatic heterocycles. The smallest absolute Gasteiger partial charge is 0.255 e. The lowest BCUT2D eigenvalue weighted by molar-refractivity contribution is 0.0702. The molecule has 1 unspecified atom stereocenters. The van der Waals surface area contributed by atoms with Gasteiger partial charge in [0.25, 0.3) is 5.91 Å². The minimum atomic E-state index is -0.0964. The van der Waals surface area contributed by atoms with E-state index >= 15 is 0 Å². The maximum Gasteiger partial charge on any atom is 0.255 e. The zero-order valence-electron chi connectivity index (χ0n) is 12.5. The van der Waals surface area contributed by atoms with E-state index in [-0.39, 0.29) is 11.9 Å². The van der Waals surface area contributed by atoms with Gasteiger partial charge in [-0.1, -0.05) is 23.7 Å². The summed E-state index contributed by atoms with van der Waals surface area (Å²) in [4.78, 5) is 18.3. The topological polar surface area (TPSA) is 57.0 Å². The zero-order chi connectivity index (χ0) is 16.1. The summed E-state index contributed by atoms with van der Waals surface area (Å²) in [7, 11) is 0. The lowest BCUT2D eigenvalue weighted by atomic mass is 10.0. The Bertz CT molecular complexity index is 689. The predicted octanol–water partition coefficient (Wildman–Crippen LogP) is 3.83. The molecule has 0 spiro atoms. The fraction of sp³-hybridized carbons (Fsp3) is 0.235. The molecule has 2 rings (SSSR count). The van der Waals surface area contributed by atoms with E-state index in [1.54, 1.807) is 29.2 Å². The van der Waals surface area contributed by atoms with Crippen molar-refractivity contribution in [3.8, 4) is 6.07 Å². The van der Waals surface area contributed by atoms with Gasteiger partial charge in [0.2, 0.25) is 0 Å². The van der Waals surface area contributed by atoms with Crippen LogP contribution in [0, 0.1) is 11.3 Å². The van der Waals surface area contributed by atoms with Crippen LogP contribution in [0.25, 0.3) is 0 Å². The van der Waals surface area contributed by atoms with Gasteiger partial charge in [-0.3, -0.25) is 4.79 Å². The van der Waals surface area contributed by atoms with Gasteiger partial charge in [-0.2, -0.15) is 5.26 Å². The first kappa shape index (κ1) is 16.0. The van der Waals surface area contributed by atoms with Crippen molar-refractivity contribution in [1.82, 2.24) is 9.88 Å². The molecule has 0 aliphatic carbocycles. The number of carbonyl (C=O) groups is 1. The fourth-order valence-corrected chi connectivity index (χ4v) is 2.39. The molecule has 0 fully saturated rings. The van der Waals surface area contributed by atoms with Crippen molar-refractivity contribution in [1.29, 1.82) is 5.26 Å². The Hall–Kier alpha value is -2.38. The fourth-order valence-electron chi connectivity index (χ4n) is 2.28. The van der Waals surface area contributed by atoms with E-state index in [1.807, 2.05) is 26.0 Å². The highest BCUT2D eigenvalue weighted by atomic mass is 35.5. The van der Waals surface area contributed by atoms with Crippen LogP contribution in [-0.4, -0.2) is 22.3 Å². The maximum atomic E-state index is 12.6. The Morgan fingerprint density at radius 1 is 1.32 bits per heavy atom. The van der Waals surface area contributed by atoms with E-state index in [0.717, 1.165) is 5.56 Å². The van der Waals surface area contributed by atoms with Crippen LogP contribution in [0.15, 0.2) is 42.6 Å². The number of pyridine rings is 1. The second-order valence-electron chi connectivity index (χ2n) is 4.87. The summed E-state index contributed by atoms with van der Waals surface area (Å²) in [5.41, 5.74) is 2.09. The monoisotopic (exact) mass is 313 g/mol. The normalized spacial score (nSPS) is 11.5. The molecule has 1 amide bonds. The van der Waals surface area contributed by atoms with Crippen LogP contribution in [0.3, 0.4) is 0 Å². The molecule has 0 aliphatic rings. The summed E-state index contributed by atoms with van der Waals surface area (Å²) >= 11 is 5.75. The molecule has 0 N–H and O–H groups in total. The number of hydrogen-bond donors (Lipinski definition) is 0. The van der Waals surface area contributed by atoms with Crippen LogP contribution in [0.2, 0.25) is 5.15 Å². The molecule has 112 valence electrons. The van der Waals surface area contributed by atoms with Crippen LogP contribution in [0.5, 0.6) is 0 Å². The second-order valence-corrected chi connectivity index (χ2v) is 5.26. The number of carbonyl (C=O) groups excluding carboxylic acids is 1. The third kappa shape index (κ3) is 3.44. The third-order valence-electron chi connectivity index (χ3n) is 3.57. The summed E-state index contributed by atoms with van der Waals surface area (Å²) in [6.45, 7) is 4.47. The van der Waals surface area contributed by atoms with Gasteiger partial charge in [0, 0.05) is 12.7 Å². The molecule has 1 aromatic carbocycles. The zero-order valence-corrected chi connectivity index (χ0v) is 13.2. The van der Waals surface area contributed by atoms with Crippen LogP contribution in [0.1, 0.15) is 41.4 Å². The van der Waals surface area contributed by atoms with Crippen LogP contribution < -0.4 is 0 Å². The molecule has 0 saturated carbocycles. The van der Waals surface area contributed by atoms with Gasteiger partial charge >= 0.3 is 0 Å². The molecule has 4 nitrogen and oxygen atoms in total. The number of benzene rings is 1. The Morgan fingerprint density at radius 3 is 2.50 bits per heavy atom. The summed E-state index contributed by atoms with van der Waals surface area (Å²) in [6, 6.07) is 12.5. The highest BCUT2D eigenvalue weighted by Gasteiger charge is 2.21. The number of halogens is 1. The summed E-state index contributed by atoms with van der Waals surface area (Å²) in [5.74, 6) is -0.0940. The average molecular weight is 314 g/mol. The van der Waals surface area contributed by atoms with Gasteiger partial charge in [-0.15, -0.1) is 0 Å². The highest BCUT2D eigenvalue weighted by Crippen LogP contribution is 2.22. The van der Waals surface area contributed by atoms with Crippen molar-refractivity contribution in [3.63, 3.8) is 0 Å².